The lowest BCUT2D eigenvalue weighted by atomic mass is 9.48. The molecule has 40 atom stereocenters. The van der Waals surface area contributed by atoms with E-state index in [0.29, 0.717) is 132 Å². The van der Waals surface area contributed by atoms with Crippen molar-refractivity contribution in [3.05, 3.63) is 86.1 Å². The zero-order valence-electron chi connectivity index (χ0n) is 89.5. The molecule has 25 rings (SSSR count). The van der Waals surface area contributed by atoms with Crippen LogP contribution < -0.4 is 0 Å². The predicted molar refractivity (Wildman–Crippen MR) is 558 cm³/mol. The van der Waals surface area contributed by atoms with E-state index in [4.69, 9.17) is 16.3 Å². The number of fused-ring (bicyclic) bond motifs is 25. The number of aromatic nitrogens is 16. The minimum atomic E-state index is -2.62. The molecule has 145 heavy (non-hydrogen) atoms. The largest absolute Gasteiger partial charge is 0.390 e. The Balaban J connectivity index is 0.000000107. The summed E-state index contributed by atoms with van der Waals surface area (Å²) >= 11 is 5.63. The quantitative estimate of drug-likeness (QED) is 0.0515. The van der Waals surface area contributed by atoms with Crippen molar-refractivity contribution in [2.75, 3.05) is 13.7 Å². The van der Waals surface area contributed by atoms with E-state index in [1.807, 2.05) is 0 Å². The number of hydrogen-bond acceptors (Lipinski definition) is 18. The second kappa shape index (κ2) is 41.4. The topological polar surface area (TPSA) is 285 Å². The Morgan fingerprint density at radius 2 is 0.641 bits per heavy atom. The lowest BCUT2D eigenvalue weighted by Gasteiger charge is -2.57. The summed E-state index contributed by atoms with van der Waals surface area (Å²) in [5, 5.41) is 105. The van der Waals surface area contributed by atoms with Crippen molar-refractivity contribution in [2.24, 2.45) is 211 Å². The average Bonchev–Trinajstić information content (AvgIpc) is 1.64. The van der Waals surface area contributed by atoms with Gasteiger partial charge in [0, 0.05) is 18.4 Å². The Kier molecular flexibility index (Phi) is 29.9. The number of alkyl halides is 2. The zero-order valence-corrected chi connectivity index (χ0v) is 90.3. The van der Waals surface area contributed by atoms with Crippen molar-refractivity contribution in [1.82, 2.24) is 80.8 Å². The third kappa shape index (κ3) is 20.1. The molecule has 0 bridgehead atoms. The van der Waals surface area contributed by atoms with Gasteiger partial charge in [-0.25, -0.2) is 8.78 Å². The van der Waals surface area contributed by atoms with Crippen molar-refractivity contribution in [3.63, 3.8) is 0 Å². The highest BCUT2D eigenvalue weighted by atomic mass is 35.5. The molecule has 4 aromatic heterocycles. The predicted octanol–water partition coefficient (Wildman–Crippen LogP) is 23.0. The van der Waals surface area contributed by atoms with Crippen LogP contribution in [0.1, 0.15) is 350 Å². The van der Waals surface area contributed by atoms with Gasteiger partial charge in [0.1, 0.15) is 16.8 Å². The highest BCUT2D eigenvalue weighted by Gasteiger charge is 2.66. The van der Waals surface area contributed by atoms with Crippen LogP contribution in [0.15, 0.2) is 86.1 Å². The van der Waals surface area contributed by atoms with Crippen LogP contribution in [0.25, 0.3) is 0 Å². The second-order valence-corrected chi connectivity index (χ2v) is 55.2. The monoisotopic (exact) mass is 2010 g/mol. The first-order chi connectivity index (χ1) is 69.5. The van der Waals surface area contributed by atoms with Gasteiger partial charge >= 0.3 is 0 Å². The van der Waals surface area contributed by atoms with E-state index < -0.39 is 28.8 Å². The summed E-state index contributed by atoms with van der Waals surface area (Å²) < 4.78 is 32.1. The van der Waals surface area contributed by atoms with Gasteiger partial charge in [0.2, 0.25) is 0 Å². The van der Waals surface area contributed by atoms with E-state index in [0.717, 1.165) is 184 Å². The van der Waals surface area contributed by atoms with Gasteiger partial charge in [-0.1, -0.05) is 113 Å². The molecule has 0 aromatic carbocycles. The summed E-state index contributed by atoms with van der Waals surface area (Å²) in [7, 11) is 1.71. The van der Waals surface area contributed by atoms with Gasteiger partial charge in [-0.05, 0) is 553 Å². The number of ether oxygens (including phenoxy) is 1. The van der Waals surface area contributed by atoms with Crippen LogP contribution in [-0.4, -0.2) is 155 Å². The number of rotatable bonds is 16. The maximum absolute atomic E-state index is 13.4. The van der Waals surface area contributed by atoms with E-state index in [2.05, 4.69) is 166 Å². The first kappa shape index (κ1) is 105. The van der Waals surface area contributed by atoms with Gasteiger partial charge < -0.3 is 30.3 Å². The summed E-state index contributed by atoms with van der Waals surface area (Å²) in [4.78, 5) is 6.66. The molecule has 0 radical (unpaired) electrons. The van der Waals surface area contributed by atoms with Gasteiger partial charge in [-0.15, -0.1) is 40.8 Å². The Bertz CT molecular complexity index is 5320. The number of hydrogen-bond donors (Lipinski definition) is 5. The van der Waals surface area contributed by atoms with Gasteiger partial charge in [0.05, 0.1) is 44.0 Å². The minimum Gasteiger partial charge on any atom is -0.390 e. The molecular formula is C120H179ClF2N16O6. The fourth-order valence-corrected chi connectivity index (χ4v) is 42.0. The van der Waals surface area contributed by atoms with Gasteiger partial charge in [-0.2, -0.15) is 19.2 Å². The van der Waals surface area contributed by atoms with Crippen molar-refractivity contribution < 1.29 is 39.1 Å². The number of methoxy groups -OCH3 is 1. The molecule has 0 saturated heterocycles. The van der Waals surface area contributed by atoms with E-state index in [1.54, 1.807) is 26.3 Å². The lowest BCUT2D eigenvalue weighted by Crippen LogP contribution is -2.52. The van der Waals surface area contributed by atoms with Gasteiger partial charge in [0.15, 0.2) is 25.3 Å². The summed E-state index contributed by atoms with van der Waals surface area (Å²) in [6.07, 6.45) is 58.3. The summed E-state index contributed by atoms with van der Waals surface area (Å²) in [5.74, 6) is 32.5. The fourth-order valence-electron chi connectivity index (χ4n) is 41.8. The maximum Gasteiger partial charge on any atom is 0.266 e. The van der Waals surface area contributed by atoms with Crippen LogP contribution in [0, 0.1) is 234 Å². The maximum atomic E-state index is 13.4. The molecule has 22 nitrogen and oxygen atoms in total. The number of halogens is 3. The van der Waals surface area contributed by atoms with E-state index in [1.165, 1.54) is 265 Å². The van der Waals surface area contributed by atoms with Crippen molar-refractivity contribution in [2.45, 2.75) is 411 Å². The van der Waals surface area contributed by atoms with Gasteiger partial charge in [0.25, 0.3) is 6.43 Å². The Labute approximate surface area is 870 Å². The van der Waals surface area contributed by atoms with E-state index in [-0.39, 0.29) is 23.4 Å². The molecule has 0 aliphatic heterocycles. The summed E-state index contributed by atoms with van der Waals surface area (Å²) in [6.45, 7) is 42.5. The number of tetrazole rings is 4. The smallest absolute Gasteiger partial charge is 0.266 e. The van der Waals surface area contributed by atoms with Crippen LogP contribution in [0.2, 0.25) is 0 Å². The third-order valence-electron chi connectivity index (χ3n) is 48.1. The third-order valence-corrected chi connectivity index (χ3v) is 48.2. The SMILES string of the molecule is C=C(C)[C@H]1CC[C@H]2[C@@H]3CC[C@H]4C[C@@](C)(O)CC[C@@H]4[C@H]3CC[C@]12C.C=C(Cn1ncnn1)[C@H]1CC[C@H]2[C@@H]3CC[C@@H]4C[C@](O)(C#CC5CC5)CC[C@@H]4[C@H]3CC[C@]12C.C=C(Cn1ncnn1)[C@H]1CC[C@H]2[C@@H]3CC[C@@H]4C[C@](O)(C#CCl)CC[C@@H]4[C@H]3CC[C@]12C.C=C(Cn1ncnn1)[C@H]1CC[C@H]2[C@@H]3CC[C@@H]4C[C@](O)(C(F)F)CC[C@@H]4[C@H]3CC[C@]12C.C=C(Cn1ncnn1)[C@H]1CC[C@H]2[C@@H]3CC[C@@H]4C[C@](O)(COC)CC[C@@H]4[C@H]3CC[C@]12C. The molecule has 5 N–H and O–H groups in total. The molecule has 796 valence electrons. The van der Waals surface area contributed by atoms with Crippen LogP contribution in [-0.2, 0) is 30.9 Å². The Morgan fingerprint density at radius 3 is 0.959 bits per heavy atom. The van der Waals surface area contributed by atoms with E-state index in [9.17, 15) is 34.3 Å². The molecule has 21 aliphatic carbocycles. The van der Waals surface area contributed by atoms with E-state index >= 15 is 0 Å². The van der Waals surface area contributed by atoms with Crippen molar-refractivity contribution in [3.8, 4) is 23.1 Å². The van der Waals surface area contributed by atoms with Crippen LogP contribution in [0.4, 0.5) is 8.78 Å². The normalized spacial score (nSPS) is 46.9. The molecule has 4 heterocycles. The van der Waals surface area contributed by atoms with Crippen molar-refractivity contribution >= 4 is 11.6 Å². The first-order valence-corrected chi connectivity index (χ1v) is 59.1. The number of allylic oxidation sites excluding steroid dienone is 5. The highest BCUT2D eigenvalue weighted by molar-refractivity contribution is 6.30. The average molecular weight is 2020 g/mol. The molecule has 4 aromatic rings. The molecule has 21 saturated carbocycles. The van der Waals surface area contributed by atoms with Crippen LogP contribution >= 0.6 is 11.6 Å². The lowest BCUT2D eigenvalue weighted by molar-refractivity contribution is -0.159. The minimum absolute atomic E-state index is 0.265. The molecular weight excluding hydrogens is 1830 g/mol. The van der Waals surface area contributed by atoms with Crippen LogP contribution in [0.3, 0.4) is 0 Å². The Morgan fingerprint density at radius 1 is 0.345 bits per heavy atom. The molecule has 0 unspecified atom stereocenters. The Hall–Kier alpha value is -5.99. The number of nitrogens with zero attached hydrogens (tertiary/aromatic N) is 16. The standard InChI is InChI=1S/C27H38N4O.C24H33ClN4O.C24H38N4O2.C23H34F2N4O.C22H36O/c1-18(16-31-29-17-28-30-31)24-7-8-25-23-6-5-20-15-27(32,13-9-19-3-4-19)14-11-21(20)22(23)10-12-26(24,25)2;1-16(14-29-27-15-26-28-29)21-5-6-22-20-4-3-17-13-24(30,11-12-25)10-8-18(17)19(20)7-9-23(21,22)2;1-16(13-28-26-15-25-27-28)21-6-7-22-20-5-4-17-12-24(29,14-30-3)11-9-18(17)19(20)8-10-23(21,22)2;1-14(12-29-27-13-26-28-29)19-5-6-20-18-4-3-15-11-23(30,21(24)25)10-8-16(15)17(18)7-9-22(19,20)2;1-14(2)19-7-8-20-18-6-5-15-13-21(3,23)11-9-16(15)17(18)10-12-22(19,20)4/h17,19-25,32H,1,3-8,10-12,14-16H2,2H3;15,17-22,30H,1,3-10,13-14H2,2H3;15,17-22,29H,1,4-14H2,2-3H3;13,15-21,30H,1,3-12H2,2H3;15-20,23H,1,5-13H2,2-4H3/t20-,21+,22-,23-,24-,25+,26-,27+;17-,18+,19-,20-,21-,22+,23-,24-;17-,18+,19-,20-,21-,22+,23-,24+;15-,16+,17-,18-,19-,20+,22-,23+;15-,16-,17+,18+,19+,20-,21-,22+/m11110/s1. The van der Waals surface area contributed by atoms with Crippen LogP contribution in [0.5, 0.6) is 0 Å². The molecule has 21 fully saturated rings. The number of aliphatic hydroxyl groups is 5. The zero-order chi connectivity index (χ0) is 101. The second-order valence-electron chi connectivity index (χ2n) is 55.0. The first-order valence-electron chi connectivity index (χ1n) is 58.7. The summed E-state index contributed by atoms with van der Waals surface area (Å²) in [5.41, 5.74) is 4.13. The summed E-state index contributed by atoms with van der Waals surface area (Å²) in [6, 6.07) is 0. The molecule has 21 aliphatic rings. The highest BCUT2D eigenvalue weighted by Crippen LogP contribution is 2.73. The molecule has 25 heteroatoms. The van der Waals surface area contributed by atoms with Gasteiger partial charge in [-0.3, -0.25) is 0 Å². The molecule has 0 spiro atoms. The molecule has 0 amide bonds. The van der Waals surface area contributed by atoms with Crippen molar-refractivity contribution in [1.29, 1.82) is 0 Å². The fraction of sp³-hybridized carbons (Fsp3) is 0.850.